The number of fused-ring (bicyclic) bond motifs is 1. The number of carbonyl (C=O) groups is 1. The second-order valence-electron chi connectivity index (χ2n) is 6.14. The van der Waals surface area contributed by atoms with Crippen molar-refractivity contribution in [3.8, 4) is 0 Å². The average Bonchev–Trinajstić information content (AvgIpc) is 2.58. The Morgan fingerprint density at radius 3 is 2.79 bits per heavy atom. The number of nitrogens with zero attached hydrogens (tertiary/aromatic N) is 1. The number of halogens is 1. The van der Waals surface area contributed by atoms with Crippen molar-refractivity contribution in [3.05, 3.63) is 65.0 Å². The summed E-state index contributed by atoms with van der Waals surface area (Å²) in [6.45, 7) is 5.00. The van der Waals surface area contributed by atoms with Crippen molar-refractivity contribution in [2.24, 2.45) is 0 Å². The van der Waals surface area contributed by atoms with Crippen LogP contribution in [0.15, 0.2) is 42.5 Å². The fraction of sp³-hybridized carbons (Fsp3) is 0.316. The zero-order valence-electron chi connectivity index (χ0n) is 13.8. The molecule has 1 aliphatic heterocycles. The molecule has 1 aliphatic rings. The van der Waals surface area contributed by atoms with Crippen molar-refractivity contribution in [2.45, 2.75) is 19.9 Å². The number of amides is 2. The van der Waals surface area contributed by atoms with Crippen LogP contribution in [0.4, 0.5) is 14.9 Å². The smallest absolute Gasteiger partial charge is 0.319 e. The first-order valence-electron chi connectivity index (χ1n) is 8.22. The van der Waals surface area contributed by atoms with E-state index in [0.717, 1.165) is 26.1 Å². The van der Waals surface area contributed by atoms with Crippen LogP contribution in [0.3, 0.4) is 0 Å². The summed E-state index contributed by atoms with van der Waals surface area (Å²) < 4.78 is 13.2. The predicted octanol–water partition coefficient (Wildman–Crippen LogP) is 3.31. The van der Waals surface area contributed by atoms with E-state index in [1.54, 1.807) is 19.1 Å². The number of hydrogen-bond acceptors (Lipinski definition) is 2. The monoisotopic (exact) mass is 327 g/mol. The van der Waals surface area contributed by atoms with E-state index in [1.807, 2.05) is 0 Å². The van der Waals surface area contributed by atoms with Gasteiger partial charge in [-0.1, -0.05) is 24.3 Å². The maximum Gasteiger partial charge on any atom is 0.319 e. The summed E-state index contributed by atoms with van der Waals surface area (Å²) >= 11 is 0. The van der Waals surface area contributed by atoms with Crippen LogP contribution in [0.2, 0.25) is 0 Å². The van der Waals surface area contributed by atoms with Gasteiger partial charge in [0.2, 0.25) is 0 Å². The molecule has 0 aromatic heterocycles. The van der Waals surface area contributed by atoms with E-state index in [4.69, 9.17) is 0 Å². The first-order chi connectivity index (χ1) is 11.6. The fourth-order valence-corrected chi connectivity index (χ4v) is 2.97. The Hall–Kier alpha value is -2.40. The highest BCUT2D eigenvalue weighted by atomic mass is 19.1. The molecule has 2 amide bonds. The lowest BCUT2D eigenvalue weighted by Gasteiger charge is -2.28. The van der Waals surface area contributed by atoms with Crippen molar-refractivity contribution in [2.75, 3.05) is 25.0 Å². The SMILES string of the molecule is Cc1cc(NC(=O)NCCN2CCc3ccccc3C2)ccc1F. The molecule has 2 aromatic carbocycles. The molecule has 0 unspecified atom stereocenters. The molecule has 0 aliphatic carbocycles. The summed E-state index contributed by atoms with van der Waals surface area (Å²) in [5.41, 5.74) is 3.90. The van der Waals surface area contributed by atoms with E-state index in [9.17, 15) is 9.18 Å². The number of aryl methyl sites for hydroxylation is 1. The van der Waals surface area contributed by atoms with Gasteiger partial charge < -0.3 is 10.6 Å². The van der Waals surface area contributed by atoms with E-state index in [0.29, 0.717) is 17.8 Å². The second-order valence-corrected chi connectivity index (χ2v) is 6.14. The summed E-state index contributed by atoms with van der Waals surface area (Å²) in [6.07, 6.45) is 1.05. The molecule has 2 aromatic rings. The Kier molecular flexibility index (Phi) is 5.11. The summed E-state index contributed by atoms with van der Waals surface area (Å²) in [7, 11) is 0. The van der Waals surface area contributed by atoms with Gasteiger partial charge in [-0.3, -0.25) is 4.90 Å². The van der Waals surface area contributed by atoms with Gasteiger partial charge in [0.05, 0.1) is 0 Å². The van der Waals surface area contributed by atoms with Gasteiger partial charge in [0.25, 0.3) is 0 Å². The molecule has 0 saturated heterocycles. The molecule has 0 radical (unpaired) electrons. The fourth-order valence-electron chi connectivity index (χ4n) is 2.97. The van der Waals surface area contributed by atoms with Crippen LogP contribution in [0, 0.1) is 12.7 Å². The quantitative estimate of drug-likeness (QED) is 0.905. The number of carbonyl (C=O) groups excluding carboxylic acids is 1. The molecule has 0 spiro atoms. The number of hydrogen-bond donors (Lipinski definition) is 2. The third kappa shape index (κ3) is 4.11. The lowest BCUT2D eigenvalue weighted by atomic mass is 10.00. The van der Waals surface area contributed by atoms with Gasteiger partial charge in [0.1, 0.15) is 5.82 Å². The summed E-state index contributed by atoms with van der Waals surface area (Å²) in [5.74, 6) is -0.272. The van der Waals surface area contributed by atoms with E-state index in [-0.39, 0.29) is 11.8 Å². The molecule has 0 saturated carbocycles. The van der Waals surface area contributed by atoms with Crippen LogP contribution in [0.25, 0.3) is 0 Å². The molecule has 0 atom stereocenters. The summed E-state index contributed by atoms with van der Waals surface area (Å²) in [6, 6.07) is 12.8. The van der Waals surface area contributed by atoms with Gasteiger partial charge >= 0.3 is 6.03 Å². The Morgan fingerprint density at radius 1 is 1.21 bits per heavy atom. The first-order valence-corrected chi connectivity index (χ1v) is 8.22. The minimum absolute atomic E-state index is 0.265. The minimum atomic E-state index is -0.272. The predicted molar refractivity (Wildman–Crippen MR) is 93.6 cm³/mol. The third-order valence-electron chi connectivity index (χ3n) is 4.34. The van der Waals surface area contributed by atoms with Gasteiger partial charge in [-0.05, 0) is 48.2 Å². The Labute approximate surface area is 141 Å². The van der Waals surface area contributed by atoms with Gasteiger partial charge in [-0.2, -0.15) is 0 Å². The first kappa shape index (κ1) is 16.5. The van der Waals surface area contributed by atoms with E-state index in [2.05, 4.69) is 39.8 Å². The third-order valence-corrected chi connectivity index (χ3v) is 4.34. The molecular formula is C19H22FN3O. The maximum absolute atomic E-state index is 13.2. The lowest BCUT2D eigenvalue weighted by Crippen LogP contribution is -2.39. The number of urea groups is 1. The van der Waals surface area contributed by atoms with Gasteiger partial charge in [-0.25, -0.2) is 9.18 Å². The highest BCUT2D eigenvalue weighted by Gasteiger charge is 2.15. The Morgan fingerprint density at radius 2 is 2.00 bits per heavy atom. The van der Waals surface area contributed by atoms with Crippen molar-refractivity contribution in [3.63, 3.8) is 0 Å². The zero-order chi connectivity index (χ0) is 16.9. The van der Waals surface area contributed by atoms with E-state index in [1.165, 1.54) is 17.2 Å². The largest absolute Gasteiger partial charge is 0.337 e. The van der Waals surface area contributed by atoms with Crippen LogP contribution < -0.4 is 10.6 Å². The molecule has 0 bridgehead atoms. The van der Waals surface area contributed by atoms with Gasteiger partial charge in [-0.15, -0.1) is 0 Å². The normalized spacial score (nSPS) is 14.1. The lowest BCUT2D eigenvalue weighted by molar-refractivity contribution is 0.239. The number of nitrogens with one attached hydrogen (secondary N) is 2. The van der Waals surface area contributed by atoms with Crippen molar-refractivity contribution in [1.82, 2.24) is 10.2 Å². The molecule has 1 heterocycles. The molecule has 4 nitrogen and oxygen atoms in total. The van der Waals surface area contributed by atoms with Crippen LogP contribution in [0.5, 0.6) is 0 Å². The van der Waals surface area contributed by atoms with Gasteiger partial charge in [0.15, 0.2) is 0 Å². The number of benzene rings is 2. The van der Waals surface area contributed by atoms with E-state index >= 15 is 0 Å². The molecule has 24 heavy (non-hydrogen) atoms. The maximum atomic E-state index is 13.2. The zero-order valence-corrected chi connectivity index (χ0v) is 13.8. The molecule has 5 heteroatoms. The van der Waals surface area contributed by atoms with E-state index < -0.39 is 0 Å². The van der Waals surface area contributed by atoms with Crippen LogP contribution in [-0.2, 0) is 13.0 Å². The Bertz CT molecular complexity index is 732. The van der Waals surface area contributed by atoms with Gasteiger partial charge in [0, 0.05) is 31.9 Å². The second kappa shape index (κ2) is 7.45. The molecule has 126 valence electrons. The topological polar surface area (TPSA) is 44.4 Å². The summed E-state index contributed by atoms with van der Waals surface area (Å²) in [4.78, 5) is 14.3. The highest BCUT2D eigenvalue weighted by molar-refractivity contribution is 5.89. The van der Waals surface area contributed by atoms with Crippen molar-refractivity contribution < 1.29 is 9.18 Å². The van der Waals surface area contributed by atoms with Crippen molar-refractivity contribution >= 4 is 11.7 Å². The number of anilines is 1. The molecule has 3 rings (SSSR count). The van der Waals surface area contributed by atoms with Crippen LogP contribution in [0.1, 0.15) is 16.7 Å². The molecular weight excluding hydrogens is 305 g/mol. The Balaban J connectivity index is 1.43. The van der Waals surface area contributed by atoms with Crippen molar-refractivity contribution in [1.29, 1.82) is 0 Å². The van der Waals surface area contributed by atoms with Crippen LogP contribution >= 0.6 is 0 Å². The minimum Gasteiger partial charge on any atom is -0.337 e. The molecule has 2 N–H and O–H groups in total. The van der Waals surface area contributed by atoms with Crippen LogP contribution in [-0.4, -0.2) is 30.6 Å². The highest BCUT2D eigenvalue weighted by Crippen LogP contribution is 2.17. The number of rotatable bonds is 4. The molecule has 0 fully saturated rings. The summed E-state index contributed by atoms with van der Waals surface area (Å²) in [5, 5.41) is 5.58. The average molecular weight is 327 g/mol. The standard InChI is InChI=1S/C19H22FN3O/c1-14-12-17(6-7-18(14)20)22-19(24)21-9-11-23-10-8-15-4-2-3-5-16(15)13-23/h2-7,12H,8-11,13H2,1H3,(H2,21,22,24).